The Labute approximate surface area is 110 Å². The molecule has 0 saturated carbocycles. The number of rotatable bonds is 6. The number of carboxylic acid groups (broad SMARTS) is 1. The number of carboxylic acids is 1. The highest BCUT2D eigenvalue weighted by Gasteiger charge is 2.28. The molecule has 2 unspecified atom stereocenters. The van der Waals surface area contributed by atoms with Crippen LogP contribution in [0.4, 0.5) is 4.79 Å². The molecule has 0 aromatic carbocycles. The van der Waals surface area contributed by atoms with Crippen molar-refractivity contribution in [3.63, 3.8) is 0 Å². The number of amides is 2. The monoisotopic (exact) mass is 258 g/mol. The van der Waals surface area contributed by atoms with Crippen molar-refractivity contribution in [2.45, 2.75) is 52.6 Å². The molecule has 0 saturated heterocycles. The number of hydrogen-bond donors (Lipinski definition) is 1. The average Bonchev–Trinajstić information content (AvgIpc) is 2.26. The molecule has 2 atom stereocenters. The number of hydrogen-bond acceptors (Lipinski definition) is 2. The van der Waals surface area contributed by atoms with Crippen molar-refractivity contribution in [3.8, 4) is 0 Å². The van der Waals surface area contributed by atoms with E-state index in [1.807, 2.05) is 6.92 Å². The van der Waals surface area contributed by atoms with Gasteiger partial charge in [0.2, 0.25) is 0 Å². The van der Waals surface area contributed by atoms with Gasteiger partial charge in [-0.25, -0.2) is 9.59 Å². The third-order valence-electron chi connectivity index (χ3n) is 3.22. The minimum Gasteiger partial charge on any atom is -0.480 e. The minimum atomic E-state index is -0.960. The molecule has 0 aliphatic heterocycles. The van der Waals surface area contributed by atoms with Crippen LogP contribution in [0.1, 0.15) is 40.5 Å². The Balaban J connectivity index is 4.67. The summed E-state index contributed by atoms with van der Waals surface area (Å²) in [6.45, 7) is 7.95. The van der Waals surface area contributed by atoms with Crippen molar-refractivity contribution < 1.29 is 14.7 Å². The van der Waals surface area contributed by atoms with Gasteiger partial charge in [-0.1, -0.05) is 20.8 Å². The van der Waals surface area contributed by atoms with E-state index in [9.17, 15) is 9.59 Å². The molecular weight excluding hydrogens is 232 g/mol. The number of likely N-dealkylation sites (N-methyl/N-ethyl adjacent to an activating group) is 1. The molecule has 0 radical (unpaired) electrons. The zero-order valence-electron chi connectivity index (χ0n) is 12.3. The topological polar surface area (TPSA) is 60.9 Å². The van der Waals surface area contributed by atoms with Crippen molar-refractivity contribution in [1.82, 2.24) is 9.80 Å². The van der Waals surface area contributed by atoms with E-state index in [2.05, 4.69) is 13.8 Å². The van der Waals surface area contributed by atoms with Gasteiger partial charge in [0.15, 0.2) is 0 Å². The Kier molecular flexibility index (Phi) is 6.73. The van der Waals surface area contributed by atoms with E-state index < -0.39 is 12.0 Å². The van der Waals surface area contributed by atoms with Crippen LogP contribution in [0.2, 0.25) is 0 Å². The van der Waals surface area contributed by atoms with E-state index in [4.69, 9.17) is 5.11 Å². The SMILES string of the molecule is CCC(C(=O)O)N(C)C(=O)N(C)C(C)CC(C)C. The van der Waals surface area contributed by atoms with Crippen LogP contribution in [-0.4, -0.2) is 53.1 Å². The van der Waals surface area contributed by atoms with Gasteiger partial charge in [-0.05, 0) is 25.7 Å². The van der Waals surface area contributed by atoms with Crippen LogP contribution in [0, 0.1) is 5.92 Å². The third-order valence-corrected chi connectivity index (χ3v) is 3.22. The zero-order chi connectivity index (χ0) is 14.5. The molecule has 0 fully saturated rings. The van der Waals surface area contributed by atoms with E-state index in [1.54, 1.807) is 25.9 Å². The predicted molar refractivity (Wildman–Crippen MR) is 71.6 cm³/mol. The molecule has 0 spiro atoms. The highest BCUT2D eigenvalue weighted by atomic mass is 16.4. The summed E-state index contributed by atoms with van der Waals surface area (Å²) in [5, 5.41) is 9.05. The Bertz CT molecular complexity index is 292. The average molecular weight is 258 g/mol. The molecule has 5 heteroatoms. The molecule has 1 N–H and O–H groups in total. The molecule has 0 bridgehead atoms. The quantitative estimate of drug-likeness (QED) is 0.795. The highest BCUT2D eigenvalue weighted by molar-refractivity contribution is 5.82. The van der Waals surface area contributed by atoms with Gasteiger partial charge in [-0.15, -0.1) is 0 Å². The lowest BCUT2D eigenvalue weighted by atomic mass is 10.0. The van der Waals surface area contributed by atoms with E-state index in [1.165, 1.54) is 4.90 Å². The van der Waals surface area contributed by atoms with Gasteiger partial charge in [0, 0.05) is 20.1 Å². The fraction of sp³-hybridized carbons (Fsp3) is 0.846. The first-order valence-corrected chi connectivity index (χ1v) is 6.44. The summed E-state index contributed by atoms with van der Waals surface area (Å²) in [5.74, 6) is -0.458. The summed E-state index contributed by atoms with van der Waals surface area (Å²) in [6.07, 6.45) is 1.31. The van der Waals surface area contributed by atoms with Crippen LogP contribution in [0.15, 0.2) is 0 Å². The first-order chi connectivity index (χ1) is 8.22. The van der Waals surface area contributed by atoms with Crippen LogP contribution >= 0.6 is 0 Å². The van der Waals surface area contributed by atoms with Crippen molar-refractivity contribution in [2.24, 2.45) is 5.92 Å². The zero-order valence-corrected chi connectivity index (χ0v) is 12.3. The van der Waals surface area contributed by atoms with Crippen molar-refractivity contribution in [3.05, 3.63) is 0 Å². The number of aliphatic carboxylic acids is 1. The lowest BCUT2D eigenvalue weighted by Gasteiger charge is -2.33. The highest BCUT2D eigenvalue weighted by Crippen LogP contribution is 2.13. The number of nitrogens with zero attached hydrogens (tertiary/aromatic N) is 2. The lowest BCUT2D eigenvalue weighted by Crippen LogP contribution is -2.50. The molecule has 18 heavy (non-hydrogen) atoms. The van der Waals surface area contributed by atoms with Crippen molar-refractivity contribution in [2.75, 3.05) is 14.1 Å². The summed E-state index contributed by atoms with van der Waals surface area (Å²) < 4.78 is 0. The Morgan fingerprint density at radius 2 is 1.61 bits per heavy atom. The first-order valence-electron chi connectivity index (χ1n) is 6.44. The first kappa shape index (κ1) is 16.7. The number of urea groups is 1. The molecule has 0 aliphatic rings. The second-order valence-corrected chi connectivity index (χ2v) is 5.25. The summed E-state index contributed by atoms with van der Waals surface area (Å²) in [7, 11) is 3.27. The molecule has 0 aromatic rings. The van der Waals surface area contributed by atoms with Crippen molar-refractivity contribution >= 4 is 12.0 Å². The summed E-state index contributed by atoms with van der Waals surface area (Å²) in [6, 6.07) is -0.894. The van der Waals surface area contributed by atoms with E-state index in [-0.39, 0.29) is 12.1 Å². The molecule has 0 aliphatic carbocycles. The summed E-state index contributed by atoms with van der Waals surface area (Å²) in [5.41, 5.74) is 0. The van der Waals surface area contributed by atoms with Crippen LogP contribution in [0.3, 0.4) is 0 Å². The summed E-state index contributed by atoms with van der Waals surface area (Å²) in [4.78, 5) is 26.1. The molecular formula is C13H26N2O3. The van der Waals surface area contributed by atoms with Gasteiger partial charge in [-0.2, -0.15) is 0 Å². The molecule has 2 amide bonds. The van der Waals surface area contributed by atoms with Gasteiger partial charge >= 0.3 is 12.0 Å². The van der Waals surface area contributed by atoms with E-state index >= 15 is 0 Å². The number of carbonyl (C=O) groups excluding carboxylic acids is 1. The molecule has 106 valence electrons. The van der Waals surface area contributed by atoms with Crippen LogP contribution in [0.5, 0.6) is 0 Å². The van der Waals surface area contributed by atoms with Gasteiger partial charge < -0.3 is 14.9 Å². The molecule has 0 aromatic heterocycles. The van der Waals surface area contributed by atoms with Crippen LogP contribution in [-0.2, 0) is 4.79 Å². The largest absolute Gasteiger partial charge is 0.480 e. The van der Waals surface area contributed by atoms with Gasteiger partial charge in [0.1, 0.15) is 6.04 Å². The van der Waals surface area contributed by atoms with Gasteiger partial charge in [0.05, 0.1) is 0 Å². The van der Waals surface area contributed by atoms with Gasteiger partial charge in [0.25, 0.3) is 0 Å². The number of carbonyl (C=O) groups is 2. The summed E-state index contributed by atoms with van der Waals surface area (Å²) >= 11 is 0. The third kappa shape index (κ3) is 4.55. The van der Waals surface area contributed by atoms with Crippen LogP contribution in [0.25, 0.3) is 0 Å². The van der Waals surface area contributed by atoms with Gasteiger partial charge in [-0.3, -0.25) is 0 Å². The maximum absolute atomic E-state index is 12.2. The molecule has 0 heterocycles. The second kappa shape index (κ2) is 7.24. The molecule has 5 nitrogen and oxygen atoms in total. The molecule has 0 rings (SSSR count). The predicted octanol–water partition coefficient (Wildman–Crippen LogP) is 2.27. The van der Waals surface area contributed by atoms with E-state index in [0.717, 1.165) is 6.42 Å². The maximum Gasteiger partial charge on any atom is 0.326 e. The van der Waals surface area contributed by atoms with Crippen LogP contribution < -0.4 is 0 Å². The van der Waals surface area contributed by atoms with E-state index in [0.29, 0.717) is 12.3 Å². The Morgan fingerprint density at radius 1 is 1.11 bits per heavy atom. The maximum atomic E-state index is 12.2. The fourth-order valence-corrected chi connectivity index (χ4v) is 2.03. The smallest absolute Gasteiger partial charge is 0.326 e. The van der Waals surface area contributed by atoms with Crippen molar-refractivity contribution in [1.29, 1.82) is 0 Å². The standard InChI is InChI=1S/C13H26N2O3/c1-7-11(12(16)17)15(6)13(18)14(5)10(4)8-9(2)3/h9-11H,7-8H2,1-6H3,(H,16,17). The lowest BCUT2D eigenvalue weighted by molar-refractivity contribution is -0.142. The normalized spacial score (nSPS) is 14.2. The minimum absolute atomic E-state index is 0.103. The fourth-order valence-electron chi connectivity index (χ4n) is 2.03. The second-order valence-electron chi connectivity index (χ2n) is 5.25. The Hall–Kier alpha value is -1.26. The Morgan fingerprint density at radius 3 is 1.94 bits per heavy atom.